The maximum atomic E-state index is 12.0. The summed E-state index contributed by atoms with van der Waals surface area (Å²) in [5.74, 6) is 0. The highest BCUT2D eigenvalue weighted by Crippen LogP contribution is 2.12. The first-order chi connectivity index (χ1) is 17.6. The van der Waals surface area contributed by atoms with Crippen LogP contribution in [0.2, 0.25) is 0 Å². The van der Waals surface area contributed by atoms with E-state index in [2.05, 4.69) is 22.6 Å². The molecule has 0 fully saturated rings. The van der Waals surface area contributed by atoms with E-state index >= 15 is 0 Å². The van der Waals surface area contributed by atoms with Crippen LogP contribution in [0.5, 0.6) is 0 Å². The maximum Gasteiger partial charge on any atom is 0.297 e. The third kappa shape index (κ3) is 19.7. The van der Waals surface area contributed by atoms with E-state index < -0.39 is 10.1 Å². The number of ether oxygens (including phenoxy) is 6. The summed E-state index contributed by atoms with van der Waals surface area (Å²) in [6.45, 7) is 7.77. The lowest BCUT2D eigenvalue weighted by molar-refractivity contribution is -0.0178. The van der Waals surface area contributed by atoms with Crippen LogP contribution in [-0.4, -0.2) is 98.7 Å². The molecule has 0 aliphatic rings. The molecule has 1 aromatic rings. The first-order valence-electron chi connectivity index (χ1n) is 12.5. The Labute approximate surface area is 230 Å². The maximum absolute atomic E-state index is 12.0. The van der Waals surface area contributed by atoms with Crippen molar-refractivity contribution in [2.45, 2.75) is 37.5 Å². The topological polar surface area (TPSA) is 98.8 Å². The highest BCUT2D eigenvalue weighted by atomic mass is 127. The molecule has 0 aliphatic heterocycles. The molecular weight excluding hydrogens is 603 g/mol. The van der Waals surface area contributed by atoms with Crippen molar-refractivity contribution in [3.05, 3.63) is 29.8 Å². The van der Waals surface area contributed by atoms with Crippen LogP contribution < -0.4 is 0 Å². The number of halogens is 1. The molecule has 0 spiro atoms. The minimum atomic E-state index is -3.75. The minimum Gasteiger partial charge on any atom is -0.379 e. The van der Waals surface area contributed by atoms with Crippen LogP contribution >= 0.6 is 22.6 Å². The Morgan fingerprint density at radius 1 is 0.556 bits per heavy atom. The van der Waals surface area contributed by atoms with E-state index in [1.54, 1.807) is 12.1 Å². The Balaban J connectivity index is 1.75. The lowest BCUT2D eigenvalue weighted by atomic mass is 10.2. The van der Waals surface area contributed by atoms with Gasteiger partial charge in [0.25, 0.3) is 10.1 Å². The molecule has 0 N–H and O–H groups in total. The summed E-state index contributed by atoms with van der Waals surface area (Å²) >= 11 is 2.41. The molecule has 0 heterocycles. The van der Waals surface area contributed by atoms with E-state index in [0.717, 1.165) is 18.6 Å². The Morgan fingerprint density at radius 3 is 1.39 bits per heavy atom. The number of unbranched alkanes of at least 4 members (excludes halogenated alkanes) is 3. The molecule has 0 aromatic heterocycles. The van der Waals surface area contributed by atoms with Crippen molar-refractivity contribution in [3.63, 3.8) is 0 Å². The van der Waals surface area contributed by atoms with Gasteiger partial charge in [-0.25, -0.2) is 0 Å². The molecule has 1 aromatic carbocycles. The Kier molecular flexibility index (Phi) is 22.2. The van der Waals surface area contributed by atoms with Gasteiger partial charge in [-0.15, -0.1) is 0 Å². The van der Waals surface area contributed by atoms with Gasteiger partial charge in [-0.2, -0.15) is 8.42 Å². The number of hydrogen-bond acceptors (Lipinski definition) is 9. The van der Waals surface area contributed by atoms with Gasteiger partial charge in [0.2, 0.25) is 0 Å². The molecule has 0 saturated heterocycles. The fourth-order valence-corrected chi connectivity index (χ4v) is 4.26. The summed E-state index contributed by atoms with van der Waals surface area (Å²) in [6, 6.07) is 6.51. The fraction of sp³-hybridized carbons (Fsp3) is 0.760. The van der Waals surface area contributed by atoms with E-state index in [1.165, 1.54) is 35.8 Å². The number of rotatable bonds is 26. The van der Waals surface area contributed by atoms with Gasteiger partial charge in [0.1, 0.15) is 0 Å². The Morgan fingerprint density at radius 2 is 0.944 bits per heavy atom. The quantitative estimate of drug-likeness (QED) is 0.0645. The van der Waals surface area contributed by atoms with Crippen LogP contribution in [0.3, 0.4) is 0 Å². The highest BCUT2D eigenvalue weighted by molar-refractivity contribution is 14.1. The van der Waals surface area contributed by atoms with Crippen molar-refractivity contribution < 1.29 is 41.0 Å². The molecule has 210 valence electrons. The van der Waals surface area contributed by atoms with Crippen LogP contribution in [0, 0.1) is 6.92 Å². The molecule has 11 heteroatoms. The molecule has 0 amide bonds. The number of benzene rings is 1. The number of hydrogen-bond donors (Lipinski definition) is 0. The zero-order valence-electron chi connectivity index (χ0n) is 21.5. The first kappa shape index (κ1) is 33.6. The molecule has 0 aliphatic carbocycles. The predicted octanol–water partition coefficient (Wildman–Crippen LogP) is 3.80. The summed E-state index contributed by atoms with van der Waals surface area (Å²) < 4.78 is 62.9. The van der Waals surface area contributed by atoms with Gasteiger partial charge < -0.3 is 28.4 Å². The van der Waals surface area contributed by atoms with Crippen LogP contribution in [-0.2, 0) is 42.7 Å². The second-order valence-corrected chi connectivity index (χ2v) is 10.6. The van der Waals surface area contributed by atoms with Gasteiger partial charge in [0, 0.05) is 6.61 Å². The monoisotopic (exact) mass is 646 g/mol. The molecule has 0 unspecified atom stereocenters. The van der Waals surface area contributed by atoms with E-state index in [-0.39, 0.29) is 18.1 Å². The highest BCUT2D eigenvalue weighted by Gasteiger charge is 2.14. The van der Waals surface area contributed by atoms with Crippen molar-refractivity contribution >= 4 is 32.7 Å². The molecule has 0 radical (unpaired) electrons. The second kappa shape index (κ2) is 23.7. The average Bonchev–Trinajstić information content (AvgIpc) is 2.87. The molecule has 0 saturated carbocycles. The van der Waals surface area contributed by atoms with Crippen LogP contribution in [0.25, 0.3) is 0 Å². The minimum absolute atomic E-state index is 0.0445. The van der Waals surface area contributed by atoms with E-state index in [1.807, 2.05) is 6.92 Å². The van der Waals surface area contributed by atoms with Gasteiger partial charge in [-0.05, 0) is 36.3 Å². The lowest BCUT2D eigenvalue weighted by Crippen LogP contribution is -2.15. The number of alkyl halides is 1. The van der Waals surface area contributed by atoms with Gasteiger partial charge in [-0.3, -0.25) is 4.18 Å². The predicted molar refractivity (Wildman–Crippen MR) is 147 cm³/mol. The standard InChI is InChI=1S/C25H43IO9S/c1-24-6-8-25(9-7-24)36(27,28)35-23-22-34-21-20-33-19-18-32-17-16-31-15-14-30-13-12-29-11-5-3-2-4-10-26/h6-9H,2-5,10-23H2,1H3. The summed E-state index contributed by atoms with van der Waals surface area (Å²) in [7, 11) is -3.75. The number of aryl methyl sites for hydroxylation is 1. The fourth-order valence-electron chi connectivity index (χ4n) is 2.83. The van der Waals surface area contributed by atoms with Crippen molar-refractivity contribution in [3.8, 4) is 0 Å². The van der Waals surface area contributed by atoms with Crippen LogP contribution in [0.1, 0.15) is 31.2 Å². The first-order valence-corrected chi connectivity index (χ1v) is 15.5. The average molecular weight is 647 g/mol. The summed E-state index contributed by atoms with van der Waals surface area (Å²) in [4.78, 5) is 0.138. The van der Waals surface area contributed by atoms with Crippen molar-refractivity contribution in [2.75, 3.05) is 90.3 Å². The van der Waals surface area contributed by atoms with Gasteiger partial charge in [0.05, 0.1) is 84.2 Å². The third-order valence-corrected chi connectivity index (χ3v) is 6.90. The van der Waals surface area contributed by atoms with Crippen LogP contribution in [0.15, 0.2) is 29.2 Å². The molecule has 9 nitrogen and oxygen atoms in total. The lowest BCUT2D eigenvalue weighted by Gasteiger charge is -2.09. The Hall–Kier alpha value is -0.380. The van der Waals surface area contributed by atoms with E-state index in [0.29, 0.717) is 66.1 Å². The molecule has 0 bridgehead atoms. The van der Waals surface area contributed by atoms with Crippen LogP contribution in [0.4, 0.5) is 0 Å². The van der Waals surface area contributed by atoms with E-state index in [9.17, 15) is 8.42 Å². The smallest absolute Gasteiger partial charge is 0.297 e. The zero-order chi connectivity index (χ0) is 26.2. The van der Waals surface area contributed by atoms with Gasteiger partial charge in [0.15, 0.2) is 0 Å². The second-order valence-electron chi connectivity index (χ2n) is 7.87. The Bertz CT molecular complexity index is 717. The van der Waals surface area contributed by atoms with Gasteiger partial charge >= 0.3 is 0 Å². The van der Waals surface area contributed by atoms with Crippen molar-refractivity contribution in [1.29, 1.82) is 0 Å². The molecular formula is C25H43IO9S. The van der Waals surface area contributed by atoms with Gasteiger partial charge in [-0.1, -0.05) is 53.1 Å². The van der Waals surface area contributed by atoms with Crippen molar-refractivity contribution in [1.82, 2.24) is 0 Å². The SMILES string of the molecule is Cc1ccc(S(=O)(=O)OCCOCCOCCOCCOCCOCCOCCCCCCI)cc1. The zero-order valence-corrected chi connectivity index (χ0v) is 24.5. The largest absolute Gasteiger partial charge is 0.379 e. The molecule has 0 atom stereocenters. The normalized spacial score (nSPS) is 11.8. The molecule has 1 rings (SSSR count). The third-order valence-electron chi connectivity index (χ3n) is 4.81. The summed E-state index contributed by atoms with van der Waals surface area (Å²) in [6.07, 6.45) is 4.94. The van der Waals surface area contributed by atoms with Crippen molar-refractivity contribution in [2.24, 2.45) is 0 Å². The summed E-state index contributed by atoms with van der Waals surface area (Å²) in [5.41, 5.74) is 0.983. The van der Waals surface area contributed by atoms with E-state index in [4.69, 9.17) is 32.6 Å². The summed E-state index contributed by atoms with van der Waals surface area (Å²) in [5, 5.41) is 0. The molecule has 36 heavy (non-hydrogen) atoms.